The van der Waals surface area contributed by atoms with Crippen LogP contribution in [0.2, 0.25) is 0 Å². The number of rotatable bonds is 6. The minimum absolute atomic E-state index is 0.360. The van der Waals surface area contributed by atoms with Crippen LogP contribution in [-0.2, 0) is 13.0 Å². The molecule has 1 heterocycles. The fourth-order valence-electron chi connectivity index (χ4n) is 2.35. The number of hydrogen-bond acceptors (Lipinski definition) is 3. The van der Waals surface area contributed by atoms with E-state index in [4.69, 9.17) is 5.26 Å². The lowest BCUT2D eigenvalue weighted by Gasteiger charge is -2.17. The molecule has 1 aromatic carbocycles. The molecule has 1 atom stereocenters. The van der Waals surface area contributed by atoms with Gasteiger partial charge in [-0.2, -0.15) is 5.26 Å². The number of hydrogen-bond donors (Lipinski definition) is 1. The summed E-state index contributed by atoms with van der Waals surface area (Å²) in [4.78, 5) is 4.57. The SMILES string of the molecule is CC(CNC(C)C)Cn1c(CC#N)nc2ccccc21. The molecule has 0 aliphatic heterocycles. The predicted octanol–water partition coefficient (Wildman–Crippen LogP) is 2.74. The van der Waals surface area contributed by atoms with Crippen molar-refractivity contribution in [2.24, 2.45) is 5.92 Å². The number of para-hydroxylation sites is 2. The Balaban J connectivity index is 2.23. The standard InChI is InChI=1S/C16H22N4/c1-12(2)18-10-13(3)11-20-15-7-5-4-6-14(15)19-16(20)8-9-17/h4-7,12-13,18H,8,10-11H2,1-3H3. The average Bonchev–Trinajstić information content (AvgIpc) is 2.75. The highest BCUT2D eigenvalue weighted by molar-refractivity contribution is 5.75. The van der Waals surface area contributed by atoms with Crippen molar-refractivity contribution in [2.75, 3.05) is 6.54 Å². The number of nitrogens with zero attached hydrogens (tertiary/aromatic N) is 3. The van der Waals surface area contributed by atoms with Gasteiger partial charge in [-0.15, -0.1) is 0 Å². The molecule has 0 radical (unpaired) electrons. The molecule has 0 spiro atoms. The number of nitrogens with one attached hydrogen (secondary N) is 1. The van der Waals surface area contributed by atoms with Gasteiger partial charge < -0.3 is 9.88 Å². The second kappa shape index (κ2) is 6.53. The molecule has 0 fully saturated rings. The van der Waals surface area contributed by atoms with Crippen LogP contribution < -0.4 is 5.32 Å². The molecule has 1 aromatic heterocycles. The molecule has 1 unspecified atom stereocenters. The molecule has 2 aromatic rings. The number of fused-ring (bicyclic) bond motifs is 1. The topological polar surface area (TPSA) is 53.6 Å². The van der Waals surface area contributed by atoms with Gasteiger partial charge in [0.2, 0.25) is 0 Å². The number of imidazole rings is 1. The van der Waals surface area contributed by atoms with Crippen LogP contribution in [0.3, 0.4) is 0 Å². The normalized spacial score (nSPS) is 12.8. The maximum absolute atomic E-state index is 8.96. The van der Waals surface area contributed by atoms with Crippen molar-refractivity contribution in [3.05, 3.63) is 30.1 Å². The summed E-state index contributed by atoms with van der Waals surface area (Å²) in [5, 5.41) is 12.4. The van der Waals surface area contributed by atoms with E-state index in [1.54, 1.807) is 0 Å². The highest BCUT2D eigenvalue weighted by Gasteiger charge is 2.13. The largest absolute Gasteiger partial charge is 0.327 e. The van der Waals surface area contributed by atoms with E-state index in [1.165, 1.54) is 0 Å². The smallest absolute Gasteiger partial charge is 0.124 e. The summed E-state index contributed by atoms with van der Waals surface area (Å²) >= 11 is 0. The van der Waals surface area contributed by atoms with Gasteiger partial charge in [0, 0.05) is 12.6 Å². The third-order valence-corrected chi connectivity index (χ3v) is 3.34. The van der Waals surface area contributed by atoms with Crippen molar-refractivity contribution >= 4 is 11.0 Å². The summed E-state index contributed by atoms with van der Waals surface area (Å²) < 4.78 is 2.19. The molecule has 0 saturated carbocycles. The van der Waals surface area contributed by atoms with Crippen LogP contribution in [0.25, 0.3) is 11.0 Å². The molecule has 2 rings (SSSR count). The summed E-state index contributed by atoms with van der Waals surface area (Å²) in [6.45, 7) is 8.38. The van der Waals surface area contributed by atoms with E-state index in [1.807, 2.05) is 18.2 Å². The van der Waals surface area contributed by atoms with Gasteiger partial charge in [0.1, 0.15) is 5.82 Å². The fourth-order valence-corrected chi connectivity index (χ4v) is 2.35. The van der Waals surface area contributed by atoms with Crippen LogP contribution in [0.4, 0.5) is 0 Å². The van der Waals surface area contributed by atoms with Gasteiger partial charge in [-0.05, 0) is 24.6 Å². The highest BCUT2D eigenvalue weighted by Crippen LogP contribution is 2.18. The molecule has 0 aliphatic rings. The fraction of sp³-hybridized carbons (Fsp3) is 0.500. The van der Waals surface area contributed by atoms with Gasteiger partial charge in [0.15, 0.2) is 0 Å². The first-order valence-corrected chi connectivity index (χ1v) is 7.16. The Morgan fingerprint density at radius 2 is 2.05 bits per heavy atom. The van der Waals surface area contributed by atoms with Crippen LogP contribution >= 0.6 is 0 Å². The number of nitriles is 1. The Hall–Kier alpha value is -1.86. The van der Waals surface area contributed by atoms with E-state index < -0.39 is 0 Å². The average molecular weight is 270 g/mol. The molecular formula is C16H22N4. The van der Waals surface area contributed by atoms with Gasteiger partial charge in [-0.3, -0.25) is 0 Å². The Bertz CT molecular complexity index is 606. The molecule has 4 heteroatoms. The van der Waals surface area contributed by atoms with E-state index in [2.05, 4.69) is 47.8 Å². The molecule has 20 heavy (non-hydrogen) atoms. The van der Waals surface area contributed by atoms with E-state index in [0.29, 0.717) is 18.4 Å². The predicted molar refractivity (Wildman–Crippen MR) is 81.4 cm³/mol. The van der Waals surface area contributed by atoms with Crippen molar-refractivity contribution in [3.8, 4) is 6.07 Å². The number of benzene rings is 1. The second-order valence-electron chi connectivity index (χ2n) is 5.63. The van der Waals surface area contributed by atoms with E-state index in [9.17, 15) is 0 Å². The Kier molecular flexibility index (Phi) is 4.75. The zero-order valence-corrected chi connectivity index (χ0v) is 12.4. The lowest BCUT2D eigenvalue weighted by Crippen LogP contribution is -2.29. The first-order valence-electron chi connectivity index (χ1n) is 7.16. The Labute approximate surface area is 120 Å². The van der Waals surface area contributed by atoms with Crippen LogP contribution in [0.15, 0.2) is 24.3 Å². The zero-order valence-electron chi connectivity index (χ0n) is 12.4. The summed E-state index contributed by atoms with van der Waals surface area (Å²) in [7, 11) is 0. The van der Waals surface area contributed by atoms with Crippen LogP contribution in [0.1, 0.15) is 26.6 Å². The van der Waals surface area contributed by atoms with Crippen molar-refractivity contribution in [1.29, 1.82) is 5.26 Å². The van der Waals surface area contributed by atoms with Gasteiger partial charge in [-0.25, -0.2) is 4.98 Å². The monoisotopic (exact) mass is 270 g/mol. The third-order valence-electron chi connectivity index (χ3n) is 3.34. The molecule has 0 saturated heterocycles. The summed E-state index contributed by atoms with van der Waals surface area (Å²) in [6.07, 6.45) is 0.360. The van der Waals surface area contributed by atoms with Gasteiger partial charge in [-0.1, -0.05) is 32.9 Å². The van der Waals surface area contributed by atoms with Crippen LogP contribution in [0, 0.1) is 17.2 Å². The third kappa shape index (κ3) is 3.37. The van der Waals surface area contributed by atoms with Crippen molar-refractivity contribution < 1.29 is 0 Å². The van der Waals surface area contributed by atoms with Gasteiger partial charge in [0.05, 0.1) is 23.5 Å². The Morgan fingerprint density at radius 3 is 2.75 bits per heavy atom. The first kappa shape index (κ1) is 14.5. The zero-order chi connectivity index (χ0) is 14.5. The minimum Gasteiger partial charge on any atom is -0.327 e. The molecule has 106 valence electrons. The molecule has 0 bridgehead atoms. The van der Waals surface area contributed by atoms with E-state index >= 15 is 0 Å². The molecule has 4 nitrogen and oxygen atoms in total. The molecule has 0 amide bonds. The number of aromatic nitrogens is 2. The lowest BCUT2D eigenvalue weighted by molar-refractivity contribution is 0.425. The van der Waals surface area contributed by atoms with Crippen molar-refractivity contribution in [3.63, 3.8) is 0 Å². The van der Waals surface area contributed by atoms with Crippen LogP contribution in [-0.4, -0.2) is 22.1 Å². The lowest BCUT2D eigenvalue weighted by atomic mass is 10.1. The second-order valence-corrected chi connectivity index (χ2v) is 5.63. The van der Waals surface area contributed by atoms with E-state index in [0.717, 1.165) is 29.9 Å². The highest BCUT2D eigenvalue weighted by atomic mass is 15.1. The summed E-state index contributed by atoms with van der Waals surface area (Å²) in [5.41, 5.74) is 2.09. The maximum atomic E-state index is 8.96. The maximum Gasteiger partial charge on any atom is 0.124 e. The summed E-state index contributed by atoms with van der Waals surface area (Å²) in [6, 6.07) is 10.8. The first-order chi connectivity index (χ1) is 9.61. The molecular weight excluding hydrogens is 248 g/mol. The van der Waals surface area contributed by atoms with Crippen molar-refractivity contribution in [2.45, 2.75) is 39.8 Å². The van der Waals surface area contributed by atoms with E-state index in [-0.39, 0.29) is 0 Å². The molecule has 1 N–H and O–H groups in total. The van der Waals surface area contributed by atoms with Crippen molar-refractivity contribution in [1.82, 2.24) is 14.9 Å². The van der Waals surface area contributed by atoms with Gasteiger partial charge >= 0.3 is 0 Å². The van der Waals surface area contributed by atoms with Crippen LogP contribution in [0.5, 0.6) is 0 Å². The van der Waals surface area contributed by atoms with Gasteiger partial charge in [0.25, 0.3) is 0 Å². The Morgan fingerprint density at radius 1 is 1.30 bits per heavy atom. The molecule has 0 aliphatic carbocycles. The summed E-state index contributed by atoms with van der Waals surface area (Å²) in [5.74, 6) is 1.36. The quantitative estimate of drug-likeness (QED) is 0.878. The minimum atomic E-state index is 0.360.